The van der Waals surface area contributed by atoms with Gasteiger partial charge in [0.1, 0.15) is 18.4 Å². The van der Waals surface area contributed by atoms with Crippen molar-refractivity contribution < 1.29 is 14.2 Å². The zero-order valence-electron chi connectivity index (χ0n) is 18.3. The summed E-state index contributed by atoms with van der Waals surface area (Å²) in [7, 11) is 3.17. The molecule has 3 aromatic carbocycles. The van der Waals surface area contributed by atoms with E-state index in [9.17, 15) is 5.26 Å². The SMILES string of the molecule is COc1ccc(Nc2nccc(-c3ccc(OCc4ccccc4)c(C#N)c3)n2)cc1OC. The van der Waals surface area contributed by atoms with E-state index in [0.717, 1.165) is 16.8 Å². The van der Waals surface area contributed by atoms with Crippen LogP contribution in [-0.4, -0.2) is 24.2 Å². The van der Waals surface area contributed by atoms with E-state index in [1.54, 1.807) is 44.7 Å². The molecule has 0 spiro atoms. The van der Waals surface area contributed by atoms with E-state index in [-0.39, 0.29) is 0 Å². The monoisotopic (exact) mass is 438 g/mol. The van der Waals surface area contributed by atoms with Gasteiger partial charge in [0, 0.05) is 23.5 Å². The summed E-state index contributed by atoms with van der Waals surface area (Å²) in [6.45, 7) is 0.391. The average molecular weight is 438 g/mol. The fourth-order valence-electron chi connectivity index (χ4n) is 3.26. The van der Waals surface area contributed by atoms with E-state index in [0.29, 0.717) is 41.1 Å². The lowest BCUT2D eigenvalue weighted by atomic mass is 10.1. The second-order valence-corrected chi connectivity index (χ2v) is 7.06. The Labute approximate surface area is 192 Å². The molecule has 0 atom stereocenters. The molecule has 33 heavy (non-hydrogen) atoms. The Morgan fingerprint density at radius 3 is 2.42 bits per heavy atom. The van der Waals surface area contributed by atoms with Crippen LogP contribution in [0.25, 0.3) is 11.3 Å². The third-order valence-electron chi connectivity index (χ3n) is 4.93. The van der Waals surface area contributed by atoms with Crippen molar-refractivity contribution >= 4 is 11.6 Å². The third kappa shape index (κ3) is 5.20. The van der Waals surface area contributed by atoms with Crippen molar-refractivity contribution in [3.05, 3.63) is 90.1 Å². The molecule has 0 bridgehead atoms. The summed E-state index contributed by atoms with van der Waals surface area (Å²) in [5.41, 5.74) is 3.70. The van der Waals surface area contributed by atoms with Crippen LogP contribution >= 0.6 is 0 Å². The molecular formula is C26H22N4O3. The first-order valence-corrected chi connectivity index (χ1v) is 10.2. The van der Waals surface area contributed by atoms with Crippen LogP contribution in [0.15, 0.2) is 79.0 Å². The van der Waals surface area contributed by atoms with Crippen molar-refractivity contribution in [3.8, 4) is 34.6 Å². The molecule has 4 aromatic rings. The highest BCUT2D eigenvalue weighted by Gasteiger charge is 2.10. The topological polar surface area (TPSA) is 89.3 Å². The maximum Gasteiger partial charge on any atom is 0.227 e. The first-order valence-electron chi connectivity index (χ1n) is 10.2. The summed E-state index contributed by atoms with van der Waals surface area (Å²) in [4.78, 5) is 8.89. The smallest absolute Gasteiger partial charge is 0.227 e. The number of methoxy groups -OCH3 is 2. The highest BCUT2D eigenvalue weighted by atomic mass is 16.5. The number of nitrogens with zero attached hydrogens (tertiary/aromatic N) is 3. The minimum absolute atomic E-state index is 0.391. The summed E-state index contributed by atoms with van der Waals surface area (Å²) in [5, 5.41) is 12.8. The summed E-state index contributed by atoms with van der Waals surface area (Å²) in [5.74, 6) is 2.19. The second-order valence-electron chi connectivity index (χ2n) is 7.06. The van der Waals surface area contributed by atoms with Crippen molar-refractivity contribution in [2.75, 3.05) is 19.5 Å². The van der Waals surface area contributed by atoms with Crippen LogP contribution in [0, 0.1) is 11.3 Å². The van der Waals surface area contributed by atoms with Crippen molar-refractivity contribution in [3.63, 3.8) is 0 Å². The quantitative estimate of drug-likeness (QED) is 0.396. The Bertz CT molecular complexity index is 1290. The first kappa shape index (κ1) is 21.7. The van der Waals surface area contributed by atoms with Gasteiger partial charge in [0.2, 0.25) is 5.95 Å². The van der Waals surface area contributed by atoms with Gasteiger partial charge in [0.05, 0.1) is 25.5 Å². The molecule has 0 unspecified atom stereocenters. The molecule has 0 saturated carbocycles. The molecule has 0 saturated heterocycles. The van der Waals surface area contributed by atoms with E-state index in [4.69, 9.17) is 14.2 Å². The van der Waals surface area contributed by atoms with Gasteiger partial charge in [-0.3, -0.25) is 0 Å². The van der Waals surface area contributed by atoms with Gasteiger partial charge in [0.15, 0.2) is 11.5 Å². The largest absolute Gasteiger partial charge is 0.493 e. The van der Waals surface area contributed by atoms with E-state index >= 15 is 0 Å². The molecule has 0 fully saturated rings. The third-order valence-corrected chi connectivity index (χ3v) is 4.93. The van der Waals surface area contributed by atoms with Crippen LogP contribution < -0.4 is 19.5 Å². The summed E-state index contributed by atoms with van der Waals surface area (Å²) < 4.78 is 16.5. The number of benzene rings is 3. The number of rotatable bonds is 8. The Morgan fingerprint density at radius 1 is 0.879 bits per heavy atom. The molecule has 1 aromatic heterocycles. The minimum Gasteiger partial charge on any atom is -0.493 e. The predicted octanol–water partition coefficient (Wildman–Crippen LogP) is 5.36. The van der Waals surface area contributed by atoms with Gasteiger partial charge < -0.3 is 19.5 Å². The zero-order chi connectivity index (χ0) is 23.0. The molecule has 1 N–H and O–H groups in total. The van der Waals surface area contributed by atoms with E-state index in [2.05, 4.69) is 21.4 Å². The van der Waals surface area contributed by atoms with E-state index in [1.807, 2.05) is 48.5 Å². The summed E-state index contributed by atoms with van der Waals surface area (Å²) in [6, 6.07) is 24.7. The van der Waals surface area contributed by atoms with Crippen molar-refractivity contribution in [2.45, 2.75) is 6.61 Å². The highest BCUT2D eigenvalue weighted by Crippen LogP contribution is 2.31. The van der Waals surface area contributed by atoms with Crippen molar-refractivity contribution in [1.29, 1.82) is 5.26 Å². The van der Waals surface area contributed by atoms with Gasteiger partial charge in [0.25, 0.3) is 0 Å². The van der Waals surface area contributed by atoms with Gasteiger partial charge in [-0.25, -0.2) is 9.97 Å². The van der Waals surface area contributed by atoms with Gasteiger partial charge in [-0.1, -0.05) is 30.3 Å². The molecule has 7 heteroatoms. The second kappa shape index (κ2) is 10.2. The minimum atomic E-state index is 0.391. The fraction of sp³-hybridized carbons (Fsp3) is 0.115. The Balaban J connectivity index is 1.53. The van der Waals surface area contributed by atoms with Crippen LogP contribution in [-0.2, 0) is 6.61 Å². The lowest BCUT2D eigenvalue weighted by Crippen LogP contribution is -2.00. The molecule has 0 aliphatic rings. The van der Waals surface area contributed by atoms with Crippen molar-refractivity contribution in [1.82, 2.24) is 9.97 Å². The van der Waals surface area contributed by atoms with Gasteiger partial charge in [-0.05, 0) is 42.0 Å². The number of nitrogens with one attached hydrogen (secondary N) is 1. The molecule has 0 amide bonds. The standard InChI is InChI=1S/C26H22N4O3/c1-31-24-11-9-21(15-25(24)32-2)29-26-28-13-12-22(30-26)19-8-10-23(20(14-19)16-27)33-17-18-6-4-3-5-7-18/h3-15H,17H2,1-2H3,(H,28,29,30). The lowest BCUT2D eigenvalue weighted by Gasteiger charge is -2.12. The van der Waals surface area contributed by atoms with E-state index in [1.165, 1.54) is 0 Å². The molecule has 7 nitrogen and oxygen atoms in total. The van der Waals surface area contributed by atoms with Crippen molar-refractivity contribution in [2.24, 2.45) is 0 Å². The molecule has 164 valence electrons. The fourth-order valence-corrected chi connectivity index (χ4v) is 3.26. The summed E-state index contributed by atoms with van der Waals surface area (Å²) >= 11 is 0. The van der Waals surface area contributed by atoms with Crippen LogP contribution in [0.5, 0.6) is 17.2 Å². The van der Waals surface area contributed by atoms with Gasteiger partial charge in [-0.15, -0.1) is 0 Å². The lowest BCUT2D eigenvalue weighted by molar-refractivity contribution is 0.305. The van der Waals surface area contributed by atoms with Crippen LogP contribution in [0.3, 0.4) is 0 Å². The first-order chi connectivity index (χ1) is 16.2. The van der Waals surface area contributed by atoms with Gasteiger partial charge in [-0.2, -0.15) is 5.26 Å². The molecule has 1 heterocycles. The number of aromatic nitrogens is 2. The maximum absolute atomic E-state index is 9.63. The number of ether oxygens (including phenoxy) is 3. The average Bonchev–Trinajstić information content (AvgIpc) is 2.88. The highest BCUT2D eigenvalue weighted by molar-refractivity contribution is 5.66. The molecular weight excluding hydrogens is 416 g/mol. The molecule has 0 aliphatic carbocycles. The van der Waals surface area contributed by atoms with Crippen LogP contribution in [0.4, 0.5) is 11.6 Å². The number of hydrogen-bond acceptors (Lipinski definition) is 7. The predicted molar refractivity (Wildman–Crippen MR) is 126 cm³/mol. The number of nitriles is 1. The zero-order valence-corrected chi connectivity index (χ0v) is 18.3. The molecule has 0 radical (unpaired) electrons. The molecule has 4 rings (SSSR count). The van der Waals surface area contributed by atoms with Crippen LogP contribution in [0.2, 0.25) is 0 Å². The number of hydrogen-bond donors (Lipinski definition) is 1. The maximum atomic E-state index is 9.63. The van der Waals surface area contributed by atoms with E-state index < -0.39 is 0 Å². The van der Waals surface area contributed by atoms with Crippen LogP contribution in [0.1, 0.15) is 11.1 Å². The summed E-state index contributed by atoms with van der Waals surface area (Å²) in [6.07, 6.45) is 1.66. The Kier molecular flexibility index (Phi) is 6.67. The number of anilines is 2. The van der Waals surface area contributed by atoms with Gasteiger partial charge >= 0.3 is 0 Å². The normalized spacial score (nSPS) is 10.2. The Hall–Kier alpha value is -4.57. The molecule has 0 aliphatic heterocycles. The Morgan fingerprint density at radius 2 is 1.67 bits per heavy atom.